The second-order valence-corrected chi connectivity index (χ2v) is 10.8. The van der Waals surface area contributed by atoms with Crippen LogP contribution in [0.15, 0.2) is 48.5 Å². The first-order chi connectivity index (χ1) is 18.1. The van der Waals surface area contributed by atoms with Gasteiger partial charge in [-0.2, -0.15) is 0 Å². The van der Waals surface area contributed by atoms with E-state index in [2.05, 4.69) is 10.6 Å². The van der Waals surface area contributed by atoms with Crippen molar-refractivity contribution in [3.63, 3.8) is 0 Å². The number of ether oxygens (including phenoxy) is 4. The second kappa shape index (κ2) is 10.7. The molecule has 2 heterocycles. The van der Waals surface area contributed by atoms with Crippen LogP contribution in [0.25, 0.3) is 0 Å². The van der Waals surface area contributed by atoms with Gasteiger partial charge in [0.25, 0.3) is 0 Å². The van der Waals surface area contributed by atoms with Gasteiger partial charge in [0.1, 0.15) is 0 Å². The molecule has 0 spiro atoms. The summed E-state index contributed by atoms with van der Waals surface area (Å²) in [5.41, 5.74) is 3.65. The summed E-state index contributed by atoms with van der Waals surface area (Å²) in [6.45, 7) is 0.881. The molecule has 8 nitrogen and oxygen atoms in total. The Labute approximate surface area is 217 Å². The van der Waals surface area contributed by atoms with Crippen molar-refractivity contribution in [2.24, 2.45) is 11.8 Å². The van der Waals surface area contributed by atoms with Crippen molar-refractivity contribution in [3.8, 4) is 0 Å². The van der Waals surface area contributed by atoms with Gasteiger partial charge >= 0.3 is 12.2 Å². The lowest BCUT2D eigenvalue weighted by Gasteiger charge is -2.18. The predicted molar refractivity (Wildman–Crippen MR) is 138 cm³/mol. The highest BCUT2D eigenvalue weighted by Gasteiger charge is 2.44. The van der Waals surface area contributed by atoms with Crippen LogP contribution in [0.1, 0.15) is 49.7 Å². The Bertz CT molecular complexity index is 1020. The lowest BCUT2D eigenvalue weighted by Crippen LogP contribution is -2.22. The molecule has 4 aliphatic rings. The SMILES string of the molecule is O=C(Nc1ccc(Cc2ccc(NC(=O)OCC3CCC4OC4C3)cc2)cc1)OCC1CCC2OC2C1. The van der Waals surface area contributed by atoms with Crippen molar-refractivity contribution in [2.45, 2.75) is 69.4 Å². The number of carbonyl (C=O) groups excluding carboxylic acids is 2. The quantitative estimate of drug-likeness (QED) is 0.458. The normalized spacial score (nSPS) is 29.3. The third-order valence-electron chi connectivity index (χ3n) is 7.93. The van der Waals surface area contributed by atoms with Gasteiger partial charge in [0.15, 0.2) is 0 Å². The van der Waals surface area contributed by atoms with Crippen molar-refractivity contribution in [2.75, 3.05) is 23.8 Å². The van der Waals surface area contributed by atoms with Crippen LogP contribution < -0.4 is 10.6 Å². The highest BCUT2D eigenvalue weighted by molar-refractivity contribution is 5.85. The van der Waals surface area contributed by atoms with Gasteiger partial charge in [-0.15, -0.1) is 0 Å². The zero-order valence-corrected chi connectivity index (χ0v) is 20.9. The molecule has 6 rings (SSSR count). The number of hydrogen-bond acceptors (Lipinski definition) is 6. The average molecular weight is 507 g/mol. The van der Waals surface area contributed by atoms with Gasteiger partial charge in [0.2, 0.25) is 0 Å². The molecule has 2 N–H and O–H groups in total. The molecule has 2 aliphatic carbocycles. The van der Waals surface area contributed by atoms with Crippen molar-refractivity contribution in [1.29, 1.82) is 0 Å². The topological polar surface area (TPSA) is 102 Å². The molecule has 2 saturated carbocycles. The summed E-state index contributed by atoms with van der Waals surface area (Å²) < 4.78 is 21.9. The maximum atomic E-state index is 12.2. The van der Waals surface area contributed by atoms with E-state index in [4.69, 9.17) is 18.9 Å². The number of benzene rings is 2. The number of rotatable bonds is 8. The Hall–Kier alpha value is -3.10. The van der Waals surface area contributed by atoms with E-state index in [1.54, 1.807) is 0 Å². The van der Waals surface area contributed by atoms with Crippen LogP contribution in [0.2, 0.25) is 0 Å². The monoisotopic (exact) mass is 506 g/mol. The molecule has 0 bridgehead atoms. The van der Waals surface area contributed by atoms with Crippen LogP contribution >= 0.6 is 0 Å². The number of amides is 2. The maximum absolute atomic E-state index is 12.2. The van der Waals surface area contributed by atoms with Crippen molar-refractivity contribution < 1.29 is 28.5 Å². The molecular weight excluding hydrogens is 472 g/mol. The Morgan fingerprint density at radius 3 is 1.49 bits per heavy atom. The largest absolute Gasteiger partial charge is 0.449 e. The fourth-order valence-corrected chi connectivity index (χ4v) is 5.62. The number of epoxide rings is 2. The molecule has 4 fully saturated rings. The fourth-order valence-electron chi connectivity index (χ4n) is 5.62. The van der Waals surface area contributed by atoms with Gasteiger partial charge in [-0.25, -0.2) is 9.59 Å². The molecule has 0 aromatic heterocycles. The summed E-state index contributed by atoms with van der Waals surface area (Å²) in [5, 5.41) is 5.61. The van der Waals surface area contributed by atoms with Gasteiger partial charge < -0.3 is 18.9 Å². The maximum Gasteiger partial charge on any atom is 0.411 e. The summed E-state index contributed by atoms with van der Waals surface area (Å²) in [4.78, 5) is 24.3. The first kappa shape index (κ1) is 24.2. The van der Waals surface area contributed by atoms with Crippen LogP contribution in [0.4, 0.5) is 21.0 Å². The van der Waals surface area contributed by atoms with E-state index in [-0.39, 0.29) is 0 Å². The number of anilines is 2. The Kier molecular flexibility index (Phi) is 7.02. The zero-order chi connectivity index (χ0) is 25.2. The van der Waals surface area contributed by atoms with Gasteiger partial charge in [-0.05, 0) is 92.2 Å². The summed E-state index contributed by atoms with van der Waals surface area (Å²) in [6, 6.07) is 15.5. The summed E-state index contributed by atoms with van der Waals surface area (Å²) in [7, 11) is 0. The van der Waals surface area contributed by atoms with Crippen LogP contribution in [-0.2, 0) is 25.4 Å². The molecule has 2 aromatic carbocycles. The number of carbonyl (C=O) groups is 2. The van der Waals surface area contributed by atoms with Crippen molar-refractivity contribution in [3.05, 3.63) is 59.7 Å². The minimum absolute atomic E-state index is 0.388. The van der Waals surface area contributed by atoms with Crippen LogP contribution in [0.3, 0.4) is 0 Å². The molecule has 2 saturated heterocycles. The molecule has 2 amide bonds. The minimum atomic E-state index is -0.419. The van der Waals surface area contributed by atoms with Crippen LogP contribution in [-0.4, -0.2) is 49.8 Å². The van der Waals surface area contributed by atoms with E-state index in [0.29, 0.717) is 60.8 Å². The fraction of sp³-hybridized carbons (Fsp3) is 0.517. The van der Waals surface area contributed by atoms with E-state index in [9.17, 15) is 9.59 Å². The van der Waals surface area contributed by atoms with Crippen molar-refractivity contribution >= 4 is 23.6 Å². The molecule has 2 aromatic rings. The van der Waals surface area contributed by atoms with E-state index in [1.807, 2.05) is 48.5 Å². The molecule has 8 heteroatoms. The number of hydrogen-bond donors (Lipinski definition) is 2. The highest BCUT2D eigenvalue weighted by Crippen LogP contribution is 2.40. The first-order valence-corrected chi connectivity index (χ1v) is 13.4. The van der Waals surface area contributed by atoms with E-state index >= 15 is 0 Å². The lowest BCUT2D eigenvalue weighted by atomic mass is 9.90. The third kappa shape index (κ3) is 6.62. The van der Waals surface area contributed by atoms with Crippen LogP contribution in [0.5, 0.6) is 0 Å². The summed E-state index contributed by atoms with van der Waals surface area (Å²) in [5.74, 6) is 0.790. The van der Waals surface area contributed by atoms with Crippen LogP contribution in [0, 0.1) is 11.8 Å². The Morgan fingerprint density at radius 2 is 1.08 bits per heavy atom. The van der Waals surface area contributed by atoms with Gasteiger partial charge in [-0.3, -0.25) is 10.6 Å². The second-order valence-electron chi connectivity index (χ2n) is 10.8. The molecular formula is C29H34N2O6. The summed E-state index contributed by atoms with van der Waals surface area (Å²) in [6.07, 6.45) is 7.84. The lowest BCUT2D eigenvalue weighted by molar-refractivity contribution is 0.130. The Balaban J connectivity index is 0.906. The van der Waals surface area contributed by atoms with Gasteiger partial charge in [0.05, 0.1) is 37.6 Å². The number of fused-ring (bicyclic) bond motifs is 2. The molecule has 6 unspecified atom stereocenters. The molecule has 6 atom stereocenters. The van der Waals surface area contributed by atoms with Crippen molar-refractivity contribution in [1.82, 2.24) is 0 Å². The molecule has 2 aliphatic heterocycles. The smallest absolute Gasteiger partial charge is 0.411 e. The van der Waals surface area contributed by atoms with E-state index in [1.165, 1.54) is 0 Å². The zero-order valence-electron chi connectivity index (χ0n) is 20.9. The third-order valence-corrected chi connectivity index (χ3v) is 7.93. The predicted octanol–water partition coefficient (Wildman–Crippen LogP) is 5.51. The minimum Gasteiger partial charge on any atom is -0.449 e. The molecule has 196 valence electrons. The summed E-state index contributed by atoms with van der Waals surface area (Å²) >= 11 is 0. The highest BCUT2D eigenvalue weighted by atomic mass is 16.6. The standard InChI is InChI=1S/C29H34N2O6/c32-28(34-16-20-5-11-24-26(14-20)36-24)30-22-7-1-18(2-8-22)13-19-3-9-23(10-4-19)31-29(33)35-17-21-6-12-25-27(15-21)37-25/h1-4,7-10,20-21,24-27H,5-6,11-17H2,(H,30,32)(H,31,33). The molecule has 0 radical (unpaired) electrons. The van der Waals surface area contributed by atoms with Gasteiger partial charge in [-0.1, -0.05) is 24.3 Å². The van der Waals surface area contributed by atoms with E-state index in [0.717, 1.165) is 56.1 Å². The Morgan fingerprint density at radius 1 is 0.649 bits per heavy atom. The average Bonchev–Trinajstić information content (AvgIpc) is 3.83. The van der Waals surface area contributed by atoms with Gasteiger partial charge in [0, 0.05) is 11.4 Å². The molecule has 37 heavy (non-hydrogen) atoms. The first-order valence-electron chi connectivity index (χ1n) is 13.4. The number of nitrogens with one attached hydrogen (secondary N) is 2. The van der Waals surface area contributed by atoms with E-state index < -0.39 is 12.2 Å².